The number of aromatic nitrogens is 4. The first-order chi connectivity index (χ1) is 8.54. The minimum Gasteiger partial charge on any atom is -0.355 e. The first-order valence-corrected chi connectivity index (χ1v) is 6.31. The summed E-state index contributed by atoms with van der Waals surface area (Å²) in [5.41, 5.74) is 2.07. The quantitative estimate of drug-likeness (QED) is 0.879. The highest BCUT2D eigenvalue weighted by molar-refractivity contribution is 5.29. The molecule has 0 bridgehead atoms. The minimum atomic E-state index is 0.602. The van der Waals surface area contributed by atoms with Crippen molar-refractivity contribution in [2.24, 2.45) is 13.0 Å². The van der Waals surface area contributed by atoms with Gasteiger partial charge in [0.05, 0.1) is 17.9 Å². The van der Waals surface area contributed by atoms with Gasteiger partial charge in [0.2, 0.25) is 5.95 Å². The smallest absolute Gasteiger partial charge is 0.203 e. The van der Waals surface area contributed by atoms with E-state index >= 15 is 0 Å². The van der Waals surface area contributed by atoms with E-state index in [4.69, 9.17) is 0 Å². The molecule has 2 heterocycles. The van der Waals surface area contributed by atoms with Crippen LogP contribution in [0.15, 0.2) is 18.5 Å². The maximum Gasteiger partial charge on any atom is 0.203 e. The maximum atomic E-state index is 4.50. The van der Waals surface area contributed by atoms with E-state index < -0.39 is 0 Å². The molecule has 0 saturated heterocycles. The van der Waals surface area contributed by atoms with Crippen LogP contribution in [0.1, 0.15) is 25.2 Å². The third-order valence-electron chi connectivity index (χ3n) is 2.67. The molecule has 0 spiro atoms. The highest BCUT2D eigenvalue weighted by atomic mass is 15.3. The number of aryl methyl sites for hydroxylation is 2. The lowest BCUT2D eigenvalue weighted by atomic mass is 10.2. The zero-order valence-electron chi connectivity index (χ0n) is 11.5. The molecule has 18 heavy (non-hydrogen) atoms. The largest absolute Gasteiger partial charge is 0.355 e. The van der Waals surface area contributed by atoms with E-state index in [-0.39, 0.29) is 0 Å². The molecule has 0 atom stereocenters. The number of rotatable bonds is 5. The van der Waals surface area contributed by atoms with Gasteiger partial charge < -0.3 is 9.88 Å². The van der Waals surface area contributed by atoms with Crippen LogP contribution in [0.5, 0.6) is 0 Å². The van der Waals surface area contributed by atoms with Crippen LogP contribution >= 0.6 is 0 Å². The Morgan fingerprint density at radius 1 is 1.39 bits per heavy atom. The van der Waals surface area contributed by atoms with E-state index in [2.05, 4.69) is 40.0 Å². The van der Waals surface area contributed by atoms with E-state index in [0.29, 0.717) is 5.92 Å². The zero-order chi connectivity index (χ0) is 13.1. The number of hydrogen-bond donors (Lipinski definition) is 1. The predicted octanol–water partition coefficient (Wildman–Crippen LogP) is 2.04. The van der Waals surface area contributed by atoms with Crippen LogP contribution in [0.2, 0.25) is 0 Å². The van der Waals surface area contributed by atoms with Crippen molar-refractivity contribution >= 4 is 5.95 Å². The highest BCUT2D eigenvalue weighted by Crippen LogP contribution is 2.11. The molecule has 0 aliphatic rings. The molecule has 1 N–H and O–H groups in total. The second kappa shape index (κ2) is 5.25. The van der Waals surface area contributed by atoms with Crippen molar-refractivity contribution in [3.63, 3.8) is 0 Å². The van der Waals surface area contributed by atoms with Crippen LogP contribution in [-0.4, -0.2) is 25.9 Å². The molecule has 98 valence electrons. The molecule has 0 aliphatic carbocycles. The maximum absolute atomic E-state index is 4.50. The van der Waals surface area contributed by atoms with Crippen molar-refractivity contribution in [1.29, 1.82) is 0 Å². The summed E-state index contributed by atoms with van der Waals surface area (Å²) in [6.45, 7) is 8.06. The molecular weight excluding hydrogens is 226 g/mol. The van der Waals surface area contributed by atoms with E-state index in [1.54, 1.807) is 0 Å². The van der Waals surface area contributed by atoms with Gasteiger partial charge in [0, 0.05) is 26.0 Å². The predicted molar refractivity (Wildman–Crippen MR) is 72.6 cm³/mol. The fraction of sp³-hybridized carbons (Fsp3) is 0.538. The summed E-state index contributed by atoms with van der Waals surface area (Å²) in [5.74, 6) is 1.53. The van der Waals surface area contributed by atoms with Crippen LogP contribution in [0.3, 0.4) is 0 Å². The fourth-order valence-corrected chi connectivity index (χ4v) is 1.83. The first kappa shape index (κ1) is 12.7. The summed E-state index contributed by atoms with van der Waals surface area (Å²) in [4.78, 5) is 4.50. The molecule has 0 aromatic carbocycles. The van der Waals surface area contributed by atoms with Gasteiger partial charge in [-0.3, -0.25) is 4.68 Å². The van der Waals surface area contributed by atoms with E-state index in [9.17, 15) is 0 Å². The summed E-state index contributed by atoms with van der Waals surface area (Å²) < 4.78 is 3.93. The van der Waals surface area contributed by atoms with Crippen molar-refractivity contribution in [1.82, 2.24) is 19.3 Å². The van der Waals surface area contributed by atoms with Crippen molar-refractivity contribution < 1.29 is 0 Å². The average molecular weight is 247 g/mol. The Labute approximate surface area is 108 Å². The fourth-order valence-electron chi connectivity index (χ4n) is 1.83. The highest BCUT2D eigenvalue weighted by Gasteiger charge is 2.07. The van der Waals surface area contributed by atoms with Crippen LogP contribution in [0.4, 0.5) is 5.95 Å². The number of hydrogen-bond acceptors (Lipinski definition) is 3. The summed E-state index contributed by atoms with van der Waals surface area (Å²) in [7, 11) is 1.93. The van der Waals surface area contributed by atoms with Crippen LogP contribution in [0, 0.1) is 12.8 Å². The number of nitrogens with one attached hydrogen (secondary N) is 1. The standard InChI is InChI=1S/C13H21N5/c1-10(2)7-14-13-15-11(3)8-18(13)9-12-5-6-17(4)16-12/h5-6,8,10H,7,9H2,1-4H3,(H,14,15). The second-order valence-electron chi connectivity index (χ2n) is 5.09. The van der Waals surface area contributed by atoms with Crippen LogP contribution in [0.25, 0.3) is 0 Å². The van der Waals surface area contributed by atoms with Gasteiger partial charge in [-0.05, 0) is 18.9 Å². The Morgan fingerprint density at radius 2 is 2.17 bits per heavy atom. The summed E-state index contributed by atoms with van der Waals surface area (Å²) in [5, 5.41) is 7.77. The van der Waals surface area contributed by atoms with Gasteiger partial charge in [0.1, 0.15) is 0 Å². The van der Waals surface area contributed by atoms with Crippen molar-refractivity contribution in [2.75, 3.05) is 11.9 Å². The Hall–Kier alpha value is -1.78. The Morgan fingerprint density at radius 3 is 2.78 bits per heavy atom. The summed E-state index contributed by atoms with van der Waals surface area (Å²) in [6.07, 6.45) is 4.01. The van der Waals surface area contributed by atoms with Crippen LogP contribution < -0.4 is 5.32 Å². The SMILES string of the molecule is Cc1cn(Cc2ccn(C)n2)c(NCC(C)C)n1. The first-order valence-electron chi connectivity index (χ1n) is 6.31. The third-order valence-corrected chi connectivity index (χ3v) is 2.67. The lowest BCUT2D eigenvalue weighted by Gasteiger charge is -2.10. The number of nitrogens with zero attached hydrogens (tertiary/aromatic N) is 4. The molecule has 0 radical (unpaired) electrons. The molecule has 0 fully saturated rings. The zero-order valence-corrected chi connectivity index (χ0v) is 11.5. The molecule has 5 heteroatoms. The molecule has 0 aliphatic heterocycles. The number of imidazole rings is 1. The summed E-state index contributed by atoms with van der Waals surface area (Å²) in [6, 6.07) is 2.03. The van der Waals surface area contributed by atoms with Gasteiger partial charge in [-0.1, -0.05) is 13.8 Å². The van der Waals surface area contributed by atoms with Gasteiger partial charge in [-0.25, -0.2) is 4.98 Å². The molecule has 2 aromatic rings. The van der Waals surface area contributed by atoms with Gasteiger partial charge in [0.15, 0.2) is 0 Å². The molecule has 5 nitrogen and oxygen atoms in total. The van der Waals surface area contributed by atoms with Gasteiger partial charge in [-0.15, -0.1) is 0 Å². The second-order valence-corrected chi connectivity index (χ2v) is 5.09. The Balaban J connectivity index is 2.11. The minimum absolute atomic E-state index is 0.602. The summed E-state index contributed by atoms with van der Waals surface area (Å²) >= 11 is 0. The lowest BCUT2D eigenvalue weighted by Crippen LogP contribution is -2.13. The topological polar surface area (TPSA) is 47.7 Å². The molecule has 0 saturated carbocycles. The van der Waals surface area contributed by atoms with E-state index in [1.165, 1.54) is 0 Å². The van der Waals surface area contributed by atoms with Crippen LogP contribution in [-0.2, 0) is 13.6 Å². The van der Waals surface area contributed by atoms with E-state index in [1.807, 2.05) is 30.9 Å². The normalized spacial score (nSPS) is 11.2. The molecule has 2 rings (SSSR count). The molecular formula is C13H21N5. The van der Waals surface area contributed by atoms with Gasteiger partial charge in [0.25, 0.3) is 0 Å². The third kappa shape index (κ3) is 3.12. The Bertz CT molecular complexity index is 509. The molecule has 2 aromatic heterocycles. The van der Waals surface area contributed by atoms with Crippen molar-refractivity contribution in [3.05, 3.63) is 29.8 Å². The Kier molecular flexibility index (Phi) is 3.69. The lowest BCUT2D eigenvalue weighted by molar-refractivity contribution is 0.670. The van der Waals surface area contributed by atoms with Gasteiger partial charge in [-0.2, -0.15) is 5.10 Å². The monoisotopic (exact) mass is 247 g/mol. The van der Waals surface area contributed by atoms with Crippen molar-refractivity contribution in [2.45, 2.75) is 27.3 Å². The number of anilines is 1. The van der Waals surface area contributed by atoms with Crippen molar-refractivity contribution in [3.8, 4) is 0 Å². The molecule has 0 amide bonds. The van der Waals surface area contributed by atoms with Gasteiger partial charge >= 0.3 is 0 Å². The molecule has 0 unspecified atom stereocenters. The average Bonchev–Trinajstić information content (AvgIpc) is 2.83. The van der Waals surface area contributed by atoms with E-state index in [0.717, 1.165) is 30.4 Å².